The Morgan fingerprint density at radius 3 is 2.29 bits per heavy atom. The molecule has 2 amide bonds. The molecule has 2 aromatic rings. The van der Waals surface area contributed by atoms with Crippen molar-refractivity contribution >= 4 is 34.8 Å². The first-order valence-electron chi connectivity index (χ1n) is 10.3. The van der Waals surface area contributed by atoms with Crippen molar-refractivity contribution in [3.05, 3.63) is 51.0 Å². The largest absolute Gasteiger partial charge is 0.493 e. The van der Waals surface area contributed by atoms with Crippen LogP contribution in [-0.2, 0) is 4.79 Å². The van der Waals surface area contributed by atoms with E-state index < -0.39 is 16.5 Å². The third-order valence-corrected chi connectivity index (χ3v) is 5.67. The maximum absolute atomic E-state index is 12.8. The van der Waals surface area contributed by atoms with Gasteiger partial charge in [-0.1, -0.05) is 17.7 Å². The zero-order chi connectivity index (χ0) is 24.8. The number of hydrogen-bond acceptors (Lipinski definition) is 8. The summed E-state index contributed by atoms with van der Waals surface area (Å²) in [4.78, 5) is 40.2. The van der Waals surface area contributed by atoms with Crippen molar-refractivity contribution in [2.75, 3.05) is 59.0 Å². The Bertz CT molecular complexity index is 1090. The average molecular weight is 493 g/mol. The smallest absolute Gasteiger partial charge is 0.327 e. The van der Waals surface area contributed by atoms with Gasteiger partial charge in [0.15, 0.2) is 5.75 Å². The number of hydrogen-bond donors (Lipinski definition) is 1. The number of rotatable bonds is 8. The van der Waals surface area contributed by atoms with Crippen LogP contribution in [0.4, 0.5) is 11.4 Å². The highest BCUT2D eigenvalue weighted by Crippen LogP contribution is 2.46. The molecular formula is C22H25ClN4O7. The minimum Gasteiger partial charge on any atom is -0.493 e. The first-order chi connectivity index (χ1) is 16.3. The van der Waals surface area contributed by atoms with Gasteiger partial charge in [0.2, 0.25) is 17.4 Å². The molecule has 2 aromatic carbocycles. The molecule has 34 heavy (non-hydrogen) atoms. The van der Waals surface area contributed by atoms with Crippen LogP contribution >= 0.6 is 11.6 Å². The number of nitrogens with zero attached hydrogens (tertiary/aromatic N) is 3. The number of nitro groups is 1. The van der Waals surface area contributed by atoms with Crippen LogP contribution in [0.3, 0.4) is 0 Å². The topological polar surface area (TPSA) is 123 Å². The number of nitrogens with one attached hydrogen (secondary N) is 1. The van der Waals surface area contributed by atoms with Crippen LogP contribution in [0.5, 0.6) is 17.2 Å². The second-order valence-corrected chi connectivity index (χ2v) is 7.77. The van der Waals surface area contributed by atoms with Crippen LogP contribution in [0.1, 0.15) is 10.4 Å². The molecule has 1 aliphatic heterocycles. The number of nitro benzene ring substituents is 1. The standard InChI is InChI=1S/C22H25ClN4O7/c1-32-17-12-16(19(27(30)31)21(34-3)20(17)33-2)22(29)24-13-18(28)26-9-7-25(8-10-26)15-6-4-5-14(23)11-15/h4-6,11-12H,7-10,13H2,1-3H3,(H,24,29). The molecule has 12 heteroatoms. The molecule has 0 atom stereocenters. The number of carbonyl (C=O) groups is 2. The fourth-order valence-electron chi connectivity index (χ4n) is 3.75. The molecular weight excluding hydrogens is 468 g/mol. The van der Waals surface area contributed by atoms with E-state index >= 15 is 0 Å². The number of anilines is 1. The average Bonchev–Trinajstić information content (AvgIpc) is 2.85. The van der Waals surface area contributed by atoms with Crippen molar-refractivity contribution in [3.63, 3.8) is 0 Å². The molecule has 1 fully saturated rings. The number of benzene rings is 2. The number of piperazine rings is 1. The first-order valence-corrected chi connectivity index (χ1v) is 10.7. The first kappa shape index (κ1) is 24.9. The Balaban J connectivity index is 1.68. The lowest BCUT2D eigenvalue weighted by molar-refractivity contribution is -0.386. The van der Waals surface area contributed by atoms with Gasteiger partial charge >= 0.3 is 5.69 Å². The third kappa shape index (κ3) is 5.25. The maximum atomic E-state index is 12.8. The summed E-state index contributed by atoms with van der Waals surface area (Å²) in [5.41, 5.74) is 0.0842. The van der Waals surface area contributed by atoms with Gasteiger partial charge < -0.3 is 29.3 Å². The molecule has 0 spiro atoms. The predicted molar refractivity (Wildman–Crippen MR) is 125 cm³/mol. The quantitative estimate of drug-likeness (QED) is 0.440. The Morgan fingerprint density at radius 1 is 1.06 bits per heavy atom. The Labute approximate surface area is 201 Å². The van der Waals surface area contributed by atoms with Gasteiger partial charge in [-0.15, -0.1) is 0 Å². The molecule has 3 rings (SSSR count). The number of ether oxygens (including phenoxy) is 3. The minimum atomic E-state index is -0.808. The van der Waals surface area contributed by atoms with Crippen LogP contribution in [-0.4, -0.2) is 75.7 Å². The molecule has 1 aliphatic rings. The number of carbonyl (C=O) groups excluding carboxylic acids is 2. The van der Waals surface area contributed by atoms with E-state index in [-0.39, 0.29) is 35.3 Å². The summed E-state index contributed by atoms with van der Waals surface area (Å²) in [5.74, 6) is -1.29. The maximum Gasteiger partial charge on any atom is 0.327 e. The highest BCUT2D eigenvalue weighted by molar-refractivity contribution is 6.30. The van der Waals surface area contributed by atoms with E-state index in [4.69, 9.17) is 25.8 Å². The molecule has 1 N–H and O–H groups in total. The van der Waals surface area contributed by atoms with Crippen molar-refractivity contribution in [2.45, 2.75) is 0 Å². The summed E-state index contributed by atoms with van der Waals surface area (Å²) in [6.07, 6.45) is 0. The van der Waals surface area contributed by atoms with Crippen molar-refractivity contribution in [2.24, 2.45) is 0 Å². The Hall–Kier alpha value is -3.73. The molecule has 0 aliphatic carbocycles. The van der Waals surface area contributed by atoms with Gasteiger partial charge in [0.25, 0.3) is 5.91 Å². The van der Waals surface area contributed by atoms with E-state index in [9.17, 15) is 19.7 Å². The van der Waals surface area contributed by atoms with Gasteiger partial charge in [-0.05, 0) is 18.2 Å². The minimum absolute atomic E-state index is 0.0121. The van der Waals surface area contributed by atoms with Gasteiger partial charge in [-0.3, -0.25) is 19.7 Å². The molecule has 0 bridgehead atoms. The van der Waals surface area contributed by atoms with Gasteiger partial charge in [-0.25, -0.2) is 0 Å². The molecule has 1 saturated heterocycles. The lowest BCUT2D eigenvalue weighted by Crippen LogP contribution is -2.51. The fraction of sp³-hybridized carbons (Fsp3) is 0.364. The van der Waals surface area contributed by atoms with Crippen LogP contribution < -0.4 is 24.4 Å². The lowest BCUT2D eigenvalue weighted by atomic mass is 10.1. The van der Waals surface area contributed by atoms with Crippen molar-refractivity contribution in [1.29, 1.82) is 0 Å². The summed E-state index contributed by atoms with van der Waals surface area (Å²) in [6, 6.07) is 8.67. The van der Waals surface area contributed by atoms with E-state index in [1.54, 1.807) is 11.0 Å². The molecule has 11 nitrogen and oxygen atoms in total. The van der Waals surface area contributed by atoms with Crippen LogP contribution in [0, 0.1) is 10.1 Å². The summed E-state index contributed by atoms with van der Waals surface area (Å²) < 4.78 is 15.5. The molecule has 0 unspecified atom stereocenters. The number of halogens is 1. The summed E-state index contributed by atoms with van der Waals surface area (Å²) in [6.45, 7) is 1.83. The summed E-state index contributed by atoms with van der Waals surface area (Å²) in [7, 11) is 3.85. The van der Waals surface area contributed by atoms with Crippen molar-refractivity contribution in [1.82, 2.24) is 10.2 Å². The van der Waals surface area contributed by atoms with E-state index in [0.29, 0.717) is 31.2 Å². The van der Waals surface area contributed by atoms with Gasteiger partial charge in [-0.2, -0.15) is 0 Å². The van der Waals surface area contributed by atoms with E-state index in [1.165, 1.54) is 27.4 Å². The van der Waals surface area contributed by atoms with Gasteiger partial charge in [0.1, 0.15) is 5.56 Å². The molecule has 0 radical (unpaired) electrons. The molecule has 0 saturated carbocycles. The molecule has 182 valence electrons. The lowest BCUT2D eigenvalue weighted by Gasteiger charge is -2.36. The molecule has 1 heterocycles. The SMILES string of the molecule is COc1cc(C(=O)NCC(=O)N2CCN(c3cccc(Cl)c3)CC2)c([N+](=O)[O-])c(OC)c1OC. The summed E-state index contributed by atoms with van der Waals surface area (Å²) in [5, 5.41) is 14.8. The zero-order valence-corrected chi connectivity index (χ0v) is 19.8. The Morgan fingerprint density at radius 2 is 1.74 bits per heavy atom. The van der Waals surface area contributed by atoms with Crippen molar-refractivity contribution < 1.29 is 28.7 Å². The normalized spacial score (nSPS) is 13.3. The van der Waals surface area contributed by atoms with E-state index in [0.717, 1.165) is 5.69 Å². The monoisotopic (exact) mass is 492 g/mol. The molecule has 0 aromatic heterocycles. The second-order valence-electron chi connectivity index (χ2n) is 7.33. The van der Waals surface area contributed by atoms with E-state index in [2.05, 4.69) is 10.2 Å². The Kier molecular flexibility index (Phi) is 8.00. The van der Waals surface area contributed by atoms with Crippen molar-refractivity contribution in [3.8, 4) is 17.2 Å². The van der Waals surface area contributed by atoms with E-state index in [1.807, 2.05) is 18.2 Å². The second kappa shape index (κ2) is 10.9. The predicted octanol–water partition coefficient (Wildman–Crippen LogP) is 2.35. The van der Waals surface area contributed by atoms with Crippen LogP contribution in [0.15, 0.2) is 30.3 Å². The highest BCUT2D eigenvalue weighted by Gasteiger charge is 2.33. The van der Waals surface area contributed by atoms with Gasteiger partial charge in [0, 0.05) is 43.0 Å². The highest BCUT2D eigenvalue weighted by atomic mass is 35.5. The summed E-state index contributed by atoms with van der Waals surface area (Å²) >= 11 is 6.05. The zero-order valence-electron chi connectivity index (χ0n) is 19.0. The number of amides is 2. The third-order valence-electron chi connectivity index (χ3n) is 5.44. The van der Waals surface area contributed by atoms with Crippen LogP contribution in [0.25, 0.3) is 0 Å². The van der Waals surface area contributed by atoms with Crippen LogP contribution in [0.2, 0.25) is 5.02 Å². The number of methoxy groups -OCH3 is 3. The fourth-order valence-corrected chi connectivity index (χ4v) is 3.93. The van der Waals surface area contributed by atoms with Gasteiger partial charge in [0.05, 0.1) is 32.8 Å².